The van der Waals surface area contributed by atoms with E-state index in [0.29, 0.717) is 11.8 Å². The Bertz CT molecular complexity index is 255. The largest absolute Gasteiger partial charge is 0.329 e. The first kappa shape index (κ1) is 17.9. The van der Waals surface area contributed by atoms with E-state index >= 15 is 0 Å². The van der Waals surface area contributed by atoms with E-state index in [9.17, 15) is 0 Å². The molecule has 0 aromatic rings. The van der Waals surface area contributed by atoms with E-state index in [-0.39, 0.29) is 5.54 Å². The Kier molecular flexibility index (Phi) is 7.49. The van der Waals surface area contributed by atoms with Gasteiger partial charge < -0.3 is 10.6 Å². The Labute approximate surface area is 126 Å². The molecule has 1 unspecified atom stereocenters. The zero-order valence-corrected chi connectivity index (χ0v) is 14.5. The standard InChI is InChI=1S/C17H37N3/c1-6-19-10-7-8-17(14-18,9-11-19)20(12-15(2)3)13-16(4)5/h15-16H,6-14,18H2,1-5H3. The van der Waals surface area contributed by atoms with E-state index in [1.165, 1.54) is 52.0 Å². The minimum absolute atomic E-state index is 0.235. The van der Waals surface area contributed by atoms with Gasteiger partial charge in [0.15, 0.2) is 0 Å². The van der Waals surface area contributed by atoms with E-state index in [1.807, 2.05) is 0 Å². The highest BCUT2D eigenvalue weighted by atomic mass is 15.2. The highest BCUT2D eigenvalue weighted by Gasteiger charge is 2.37. The first-order valence-corrected chi connectivity index (χ1v) is 8.61. The Morgan fingerprint density at radius 3 is 2.10 bits per heavy atom. The number of rotatable bonds is 7. The molecule has 1 saturated heterocycles. The van der Waals surface area contributed by atoms with Gasteiger partial charge in [-0.2, -0.15) is 0 Å². The van der Waals surface area contributed by atoms with Crippen LogP contribution in [-0.4, -0.2) is 54.6 Å². The van der Waals surface area contributed by atoms with Crippen molar-refractivity contribution in [3.05, 3.63) is 0 Å². The average molecular weight is 284 g/mol. The molecule has 1 aliphatic heterocycles. The van der Waals surface area contributed by atoms with Crippen LogP contribution in [0.5, 0.6) is 0 Å². The lowest BCUT2D eigenvalue weighted by Crippen LogP contribution is -2.56. The highest BCUT2D eigenvalue weighted by Crippen LogP contribution is 2.30. The van der Waals surface area contributed by atoms with Crippen molar-refractivity contribution in [2.45, 2.75) is 59.4 Å². The molecule has 0 saturated carbocycles. The van der Waals surface area contributed by atoms with Crippen LogP contribution in [-0.2, 0) is 0 Å². The second-order valence-electron chi connectivity index (χ2n) is 7.41. The summed E-state index contributed by atoms with van der Waals surface area (Å²) in [7, 11) is 0. The van der Waals surface area contributed by atoms with Crippen LogP contribution in [0.2, 0.25) is 0 Å². The molecule has 3 heteroatoms. The third-order valence-electron chi connectivity index (χ3n) is 4.68. The fraction of sp³-hybridized carbons (Fsp3) is 1.00. The number of likely N-dealkylation sites (tertiary alicyclic amines) is 1. The molecule has 0 spiro atoms. The van der Waals surface area contributed by atoms with Crippen LogP contribution in [0.15, 0.2) is 0 Å². The van der Waals surface area contributed by atoms with Gasteiger partial charge in [0.25, 0.3) is 0 Å². The van der Waals surface area contributed by atoms with Crippen LogP contribution in [0.4, 0.5) is 0 Å². The number of hydrogen-bond donors (Lipinski definition) is 1. The summed E-state index contributed by atoms with van der Waals surface area (Å²) in [6.07, 6.45) is 3.79. The van der Waals surface area contributed by atoms with Crippen molar-refractivity contribution < 1.29 is 0 Å². The molecule has 1 atom stereocenters. The Morgan fingerprint density at radius 2 is 1.65 bits per heavy atom. The minimum atomic E-state index is 0.235. The minimum Gasteiger partial charge on any atom is -0.329 e. The van der Waals surface area contributed by atoms with Crippen molar-refractivity contribution in [2.24, 2.45) is 17.6 Å². The van der Waals surface area contributed by atoms with Crippen molar-refractivity contribution in [3.8, 4) is 0 Å². The maximum atomic E-state index is 6.29. The van der Waals surface area contributed by atoms with Gasteiger partial charge >= 0.3 is 0 Å². The highest BCUT2D eigenvalue weighted by molar-refractivity contribution is 4.95. The van der Waals surface area contributed by atoms with Crippen molar-refractivity contribution in [1.29, 1.82) is 0 Å². The van der Waals surface area contributed by atoms with Crippen LogP contribution < -0.4 is 5.73 Å². The van der Waals surface area contributed by atoms with Crippen LogP contribution in [0.1, 0.15) is 53.9 Å². The summed E-state index contributed by atoms with van der Waals surface area (Å²) in [6.45, 7) is 18.4. The first-order valence-electron chi connectivity index (χ1n) is 8.61. The smallest absolute Gasteiger partial charge is 0.0344 e. The molecule has 1 rings (SSSR count). The van der Waals surface area contributed by atoms with Crippen LogP contribution in [0.3, 0.4) is 0 Å². The Morgan fingerprint density at radius 1 is 1.05 bits per heavy atom. The molecule has 2 N–H and O–H groups in total. The number of nitrogens with two attached hydrogens (primary N) is 1. The lowest BCUT2D eigenvalue weighted by atomic mass is 9.86. The zero-order chi connectivity index (χ0) is 15.2. The number of nitrogens with zero attached hydrogens (tertiary/aromatic N) is 2. The fourth-order valence-corrected chi connectivity index (χ4v) is 3.54. The summed E-state index contributed by atoms with van der Waals surface area (Å²) in [5, 5.41) is 0. The Hall–Kier alpha value is -0.120. The molecule has 0 radical (unpaired) electrons. The van der Waals surface area contributed by atoms with Gasteiger partial charge in [0.2, 0.25) is 0 Å². The summed E-state index contributed by atoms with van der Waals surface area (Å²) in [6, 6.07) is 0. The summed E-state index contributed by atoms with van der Waals surface area (Å²) >= 11 is 0. The molecule has 3 nitrogen and oxygen atoms in total. The molecule has 1 aliphatic rings. The van der Waals surface area contributed by atoms with E-state index in [4.69, 9.17) is 5.73 Å². The molecule has 0 bridgehead atoms. The van der Waals surface area contributed by atoms with Crippen LogP contribution in [0.25, 0.3) is 0 Å². The van der Waals surface area contributed by atoms with Gasteiger partial charge in [-0.05, 0) is 50.7 Å². The lowest BCUT2D eigenvalue weighted by Gasteiger charge is -2.45. The quantitative estimate of drug-likeness (QED) is 0.780. The topological polar surface area (TPSA) is 32.5 Å². The number of hydrogen-bond acceptors (Lipinski definition) is 3. The van der Waals surface area contributed by atoms with Crippen molar-refractivity contribution in [2.75, 3.05) is 39.3 Å². The molecule has 1 heterocycles. The third-order valence-corrected chi connectivity index (χ3v) is 4.68. The molecule has 1 fully saturated rings. The fourth-order valence-electron chi connectivity index (χ4n) is 3.54. The van der Waals surface area contributed by atoms with Gasteiger partial charge in [0.05, 0.1) is 0 Å². The maximum absolute atomic E-state index is 6.29. The zero-order valence-electron chi connectivity index (χ0n) is 14.5. The third kappa shape index (κ3) is 5.01. The second kappa shape index (κ2) is 8.35. The predicted molar refractivity (Wildman–Crippen MR) is 89.0 cm³/mol. The summed E-state index contributed by atoms with van der Waals surface area (Å²) < 4.78 is 0. The second-order valence-corrected chi connectivity index (χ2v) is 7.41. The first-order chi connectivity index (χ1) is 9.43. The van der Waals surface area contributed by atoms with Crippen LogP contribution in [0, 0.1) is 11.8 Å². The summed E-state index contributed by atoms with van der Waals surface area (Å²) in [4.78, 5) is 5.31. The average Bonchev–Trinajstić information content (AvgIpc) is 2.59. The van der Waals surface area contributed by atoms with Gasteiger partial charge in [-0.3, -0.25) is 4.90 Å². The van der Waals surface area contributed by atoms with Crippen molar-refractivity contribution >= 4 is 0 Å². The van der Waals surface area contributed by atoms with Gasteiger partial charge in [-0.1, -0.05) is 34.6 Å². The summed E-state index contributed by atoms with van der Waals surface area (Å²) in [5.74, 6) is 1.42. The monoisotopic (exact) mass is 283 g/mol. The van der Waals surface area contributed by atoms with Crippen molar-refractivity contribution in [3.63, 3.8) is 0 Å². The SMILES string of the molecule is CCN1CCCC(CN)(N(CC(C)C)CC(C)C)CC1. The summed E-state index contributed by atoms with van der Waals surface area (Å²) in [5.41, 5.74) is 6.52. The Balaban J connectivity index is 2.85. The van der Waals surface area contributed by atoms with Crippen LogP contribution >= 0.6 is 0 Å². The molecular weight excluding hydrogens is 246 g/mol. The molecule has 120 valence electrons. The van der Waals surface area contributed by atoms with E-state index < -0.39 is 0 Å². The van der Waals surface area contributed by atoms with Gasteiger partial charge in [0.1, 0.15) is 0 Å². The molecule has 0 aromatic carbocycles. The molecule has 20 heavy (non-hydrogen) atoms. The molecule has 0 amide bonds. The maximum Gasteiger partial charge on any atom is 0.0344 e. The normalized spacial score (nSPS) is 25.6. The molecular formula is C17H37N3. The van der Waals surface area contributed by atoms with Gasteiger partial charge in [-0.25, -0.2) is 0 Å². The van der Waals surface area contributed by atoms with E-state index in [2.05, 4.69) is 44.4 Å². The van der Waals surface area contributed by atoms with Gasteiger partial charge in [0, 0.05) is 25.2 Å². The van der Waals surface area contributed by atoms with E-state index in [0.717, 1.165) is 6.54 Å². The van der Waals surface area contributed by atoms with Crippen molar-refractivity contribution in [1.82, 2.24) is 9.80 Å². The molecule has 0 aromatic heterocycles. The van der Waals surface area contributed by atoms with E-state index in [1.54, 1.807) is 0 Å². The van der Waals surface area contributed by atoms with Gasteiger partial charge in [-0.15, -0.1) is 0 Å². The lowest BCUT2D eigenvalue weighted by molar-refractivity contribution is 0.0546. The molecule has 0 aliphatic carbocycles. The predicted octanol–water partition coefficient (Wildman–Crippen LogP) is 2.80.